The maximum Gasteiger partial charge on any atom is 0.326 e. The molecule has 8 N–H and O–H groups in total. The molecule has 0 aromatic rings. The van der Waals surface area contributed by atoms with E-state index in [1.165, 1.54) is 0 Å². The van der Waals surface area contributed by atoms with Crippen LogP contribution in [-0.4, -0.2) is 81.4 Å². The Morgan fingerprint density at radius 1 is 0.828 bits per heavy atom. The number of nitrogens with two attached hydrogens (primary N) is 1. The third kappa shape index (κ3) is 11.5. The molecule has 0 fully saturated rings. The molecule has 0 saturated carbocycles. The van der Waals surface area contributed by atoms with Crippen LogP contribution in [0.5, 0.6) is 0 Å². The highest BCUT2D eigenvalue weighted by Gasteiger charge is 2.24. The van der Waals surface area contributed by atoms with E-state index in [1.54, 1.807) is 0 Å². The molecule has 3 atom stereocenters. The lowest BCUT2D eigenvalue weighted by atomic mass is 10.1. The van der Waals surface area contributed by atoms with Gasteiger partial charge in [0.25, 0.3) is 0 Å². The predicted molar refractivity (Wildman–Crippen MR) is 100 cm³/mol. The van der Waals surface area contributed by atoms with Gasteiger partial charge in [-0.05, 0) is 12.8 Å². The Balaban J connectivity index is 4.56. The van der Waals surface area contributed by atoms with Crippen LogP contribution in [0.3, 0.4) is 0 Å². The van der Waals surface area contributed by atoms with E-state index in [0.29, 0.717) is 0 Å². The molecule has 164 valence electrons. The monoisotopic (exact) mass is 436 g/mol. The van der Waals surface area contributed by atoms with Crippen LogP contribution >= 0.6 is 12.6 Å². The predicted octanol–water partition coefficient (Wildman–Crippen LogP) is -2.86. The van der Waals surface area contributed by atoms with E-state index in [2.05, 4.69) is 28.6 Å². The summed E-state index contributed by atoms with van der Waals surface area (Å²) in [4.78, 5) is 67.7. The minimum Gasteiger partial charge on any atom is -0.480 e. The topological polar surface area (TPSA) is 225 Å². The summed E-state index contributed by atoms with van der Waals surface area (Å²) in [5.41, 5.74) is 5.26. The number of carbonyl (C=O) groups excluding carboxylic acids is 3. The average Bonchev–Trinajstić information content (AvgIpc) is 2.64. The van der Waals surface area contributed by atoms with Gasteiger partial charge in [-0.3, -0.25) is 24.0 Å². The van der Waals surface area contributed by atoms with Crippen LogP contribution in [0.15, 0.2) is 0 Å². The molecule has 0 rings (SSSR count). The van der Waals surface area contributed by atoms with Crippen LogP contribution in [0.4, 0.5) is 0 Å². The highest BCUT2D eigenvalue weighted by Crippen LogP contribution is 2.02. The molecule has 0 aliphatic rings. The number of thiol groups is 1. The molecule has 0 spiro atoms. The lowest BCUT2D eigenvalue weighted by Gasteiger charge is -2.18. The first-order valence-corrected chi connectivity index (χ1v) is 9.01. The maximum atomic E-state index is 11.9. The Bertz CT molecular complexity index is 643. The van der Waals surface area contributed by atoms with Gasteiger partial charge < -0.3 is 37.0 Å². The van der Waals surface area contributed by atoms with Gasteiger partial charge in [-0.1, -0.05) is 0 Å². The van der Waals surface area contributed by atoms with Crippen molar-refractivity contribution in [1.29, 1.82) is 0 Å². The molecule has 3 unspecified atom stereocenters. The molecular formula is C15H24N4O9S. The molecule has 29 heavy (non-hydrogen) atoms. The SMILES string of the molecule is NC(CCC(=O)NC(CCC(=O)NC(CS)C(=O)NCC(=O)O)C(=O)O)C(=O)O. The number of carbonyl (C=O) groups is 6. The molecule has 0 radical (unpaired) electrons. The van der Waals surface area contributed by atoms with Crippen LogP contribution in [0.1, 0.15) is 25.7 Å². The van der Waals surface area contributed by atoms with Crippen molar-refractivity contribution in [2.45, 2.75) is 43.8 Å². The zero-order valence-electron chi connectivity index (χ0n) is 15.3. The molecule has 0 heterocycles. The maximum absolute atomic E-state index is 11.9. The van der Waals surface area contributed by atoms with Crippen LogP contribution in [-0.2, 0) is 28.8 Å². The van der Waals surface area contributed by atoms with E-state index in [9.17, 15) is 28.8 Å². The smallest absolute Gasteiger partial charge is 0.326 e. The van der Waals surface area contributed by atoms with Gasteiger partial charge in [0, 0.05) is 18.6 Å². The summed E-state index contributed by atoms with van der Waals surface area (Å²) >= 11 is 3.89. The number of nitrogens with one attached hydrogen (secondary N) is 3. The summed E-state index contributed by atoms with van der Waals surface area (Å²) in [6.45, 7) is -0.641. The lowest BCUT2D eigenvalue weighted by Crippen LogP contribution is -2.49. The Hall–Kier alpha value is -2.87. The van der Waals surface area contributed by atoms with Gasteiger partial charge in [0.15, 0.2) is 0 Å². The largest absolute Gasteiger partial charge is 0.480 e. The van der Waals surface area contributed by atoms with Gasteiger partial charge >= 0.3 is 17.9 Å². The first kappa shape index (κ1) is 26.1. The van der Waals surface area contributed by atoms with Gasteiger partial charge in [0.05, 0.1) is 0 Å². The third-order valence-corrected chi connectivity index (χ3v) is 3.91. The summed E-state index contributed by atoms with van der Waals surface area (Å²) in [6.07, 6.45) is -1.16. The van der Waals surface area contributed by atoms with Gasteiger partial charge in [-0.15, -0.1) is 0 Å². The van der Waals surface area contributed by atoms with Gasteiger partial charge in [0.2, 0.25) is 17.7 Å². The summed E-state index contributed by atoms with van der Waals surface area (Å²) in [5, 5.41) is 32.8. The van der Waals surface area contributed by atoms with Crippen molar-refractivity contribution >= 4 is 48.3 Å². The molecule has 0 aromatic carbocycles. The fraction of sp³-hybridized carbons (Fsp3) is 0.600. The molecule has 0 aromatic heterocycles. The summed E-state index contributed by atoms with van der Waals surface area (Å²) in [5.74, 6) is -6.31. The molecule has 0 bridgehead atoms. The van der Waals surface area contributed by atoms with Crippen molar-refractivity contribution in [1.82, 2.24) is 16.0 Å². The zero-order valence-corrected chi connectivity index (χ0v) is 16.2. The second kappa shape index (κ2) is 13.3. The first-order chi connectivity index (χ1) is 13.5. The summed E-state index contributed by atoms with van der Waals surface area (Å²) in [6, 6.07) is -3.80. The summed E-state index contributed by atoms with van der Waals surface area (Å²) in [7, 11) is 0. The van der Waals surface area contributed by atoms with Gasteiger partial charge in [-0.25, -0.2) is 4.79 Å². The van der Waals surface area contributed by atoms with Gasteiger partial charge in [0.1, 0.15) is 24.7 Å². The summed E-state index contributed by atoms with van der Waals surface area (Å²) < 4.78 is 0. The average molecular weight is 436 g/mol. The van der Waals surface area contributed by atoms with Crippen molar-refractivity contribution < 1.29 is 44.1 Å². The van der Waals surface area contributed by atoms with E-state index in [4.69, 9.17) is 21.1 Å². The second-order valence-electron chi connectivity index (χ2n) is 5.89. The van der Waals surface area contributed by atoms with Gasteiger partial charge in [-0.2, -0.15) is 12.6 Å². The fourth-order valence-corrected chi connectivity index (χ4v) is 2.21. The molecule has 14 heteroatoms. The minimum atomic E-state index is -1.41. The molecular weight excluding hydrogens is 412 g/mol. The normalized spacial score (nSPS) is 13.4. The molecule has 0 aliphatic heterocycles. The number of carboxylic acid groups (broad SMARTS) is 3. The Morgan fingerprint density at radius 2 is 1.34 bits per heavy atom. The number of hydrogen-bond donors (Lipinski definition) is 8. The van der Waals surface area contributed by atoms with Crippen molar-refractivity contribution in [3.8, 4) is 0 Å². The molecule has 13 nitrogen and oxygen atoms in total. The number of hydrogen-bond acceptors (Lipinski definition) is 8. The van der Waals surface area contributed by atoms with E-state index < -0.39 is 60.3 Å². The van der Waals surface area contributed by atoms with Crippen molar-refractivity contribution in [2.24, 2.45) is 5.73 Å². The van der Waals surface area contributed by atoms with Crippen molar-refractivity contribution in [3.05, 3.63) is 0 Å². The van der Waals surface area contributed by atoms with Crippen LogP contribution in [0.25, 0.3) is 0 Å². The van der Waals surface area contributed by atoms with Crippen LogP contribution in [0, 0.1) is 0 Å². The number of aliphatic carboxylic acids is 3. The van der Waals surface area contributed by atoms with E-state index in [-0.39, 0.29) is 31.4 Å². The van der Waals surface area contributed by atoms with Crippen LogP contribution in [0.2, 0.25) is 0 Å². The van der Waals surface area contributed by atoms with Crippen molar-refractivity contribution in [2.75, 3.05) is 12.3 Å². The quantitative estimate of drug-likeness (QED) is 0.130. The molecule has 3 amide bonds. The standard InChI is InChI=1S/C15H24N4O9S/c16-7(14(25)26)1-3-10(20)18-8(15(27)28)2-4-11(21)19-9(6-29)13(24)17-5-12(22)23/h7-9,29H,1-6,16H2,(H,17,24)(H,18,20)(H,19,21)(H,22,23)(H,25,26)(H,27,28). The molecule has 0 saturated heterocycles. The first-order valence-electron chi connectivity index (χ1n) is 8.38. The van der Waals surface area contributed by atoms with E-state index >= 15 is 0 Å². The Morgan fingerprint density at radius 3 is 1.79 bits per heavy atom. The van der Waals surface area contributed by atoms with E-state index in [1.807, 2.05) is 0 Å². The Labute approximate surface area is 170 Å². The Kier molecular flexibility index (Phi) is 12.0. The van der Waals surface area contributed by atoms with E-state index in [0.717, 1.165) is 0 Å². The number of carboxylic acids is 3. The zero-order chi connectivity index (χ0) is 22.6. The minimum absolute atomic E-state index is 0.125. The third-order valence-electron chi connectivity index (χ3n) is 3.54. The van der Waals surface area contributed by atoms with Crippen molar-refractivity contribution in [3.63, 3.8) is 0 Å². The number of amides is 3. The fourth-order valence-electron chi connectivity index (χ4n) is 1.96. The lowest BCUT2D eigenvalue weighted by molar-refractivity contribution is -0.143. The highest BCUT2D eigenvalue weighted by molar-refractivity contribution is 7.80. The highest BCUT2D eigenvalue weighted by atomic mass is 32.1. The molecule has 0 aliphatic carbocycles. The van der Waals surface area contributed by atoms with Crippen LogP contribution < -0.4 is 21.7 Å². The number of rotatable bonds is 14. The second-order valence-corrected chi connectivity index (χ2v) is 6.26.